The van der Waals surface area contributed by atoms with Gasteiger partial charge in [-0.25, -0.2) is 4.79 Å². The van der Waals surface area contributed by atoms with Crippen LogP contribution in [0.15, 0.2) is 72.8 Å². The van der Waals surface area contributed by atoms with Gasteiger partial charge in [0.2, 0.25) is 0 Å². The molecule has 3 aromatic carbocycles. The maximum absolute atomic E-state index is 14.5. The number of nitrogens with two attached hydrogens (primary N) is 2. The van der Waals surface area contributed by atoms with Gasteiger partial charge in [0.1, 0.15) is 11.5 Å². The van der Waals surface area contributed by atoms with Crippen LogP contribution in [-0.2, 0) is 15.6 Å². The van der Waals surface area contributed by atoms with Gasteiger partial charge in [-0.15, -0.1) is 0 Å². The Morgan fingerprint density at radius 3 is 2.16 bits per heavy atom. The number of anilines is 2. The molecule has 0 heterocycles. The van der Waals surface area contributed by atoms with Gasteiger partial charge in [-0.1, -0.05) is 25.1 Å². The first kappa shape index (κ1) is 28.3. The Labute approximate surface area is 215 Å². The quantitative estimate of drug-likeness (QED) is 0.137. The molecule has 0 aliphatic heterocycles. The van der Waals surface area contributed by atoms with Crippen molar-refractivity contribution in [2.24, 2.45) is 0 Å². The third-order valence-corrected chi connectivity index (χ3v) is 5.25. The molecule has 38 heavy (non-hydrogen) atoms. The lowest BCUT2D eigenvalue weighted by atomic mass is 10.00. The monoisotopic (exact) mass is 536 g/mol. The topological polar surface area (TPSA) is 96.8 Å². The number of hydrogen-bond donors (Lipinski definition) is 2. The average molecular weight is 536 g/mol. The zero-order valence-electron chi connectivity index (χ0n) is 20.2. The van der Waals surface area contributed by atoms with Crippen molar-refractivity contribution in [1.82, 2.24) is 0 Å². The molecule has 0 aliphatic carbocycles. The third-order valence-electron chi connectivity index (χ3n) is 5.25. The Hall–Kier alpha value is -4.28. The Morgan fingerprint density at radius 1 is 0.921 bits per heavy atom. The van der Waals surface area contributed by atoms with Crippen LogP contribution in [0, 0.1) is 0 Å². The lowest BCUT2D eigenvalue weighted by Gasteiger charge is -2.19. The van der Waals surface area contributed by atoms with Gasteiger partial charge in [0, 0.05) is 23.4 Å². The zero-order chi connectivity index (χ0) is 27.9. The summed E-state index contributed by atoms with van der Waals surface area (Å²) in [5.41, 5.74) is 13.4. The molecule has 3 aromatic rings. The van der Waals surface area contributed by atoms with Gasteiger partial charge < -0.3 is 25.7 Å². The molecule has 1 unspecified atom stereocenters. The van der Waals surface area contributed by atoms with Gasteiger partial charge in [-0.2, -0.15) is 22.0 Å². The molecule has 202 valence electrons. The summed E-state index contributed by atoms with van der Waals surface area (Å²) >= 11 is 0. The molecule has 11 heteroatoms. The van der Waals surface area contributed by atoms with E-state index in [1.54, 1.807) is 18.2 Å². The van der Waals surface area contributed by atoms with Gasteiger partial charge in [-0.3, -0.25) is 0 Å². The van der Waals surface area contributed by atoms with Crippen molar-refractivity contribution in [2.75, 3.05) is 24.7 Å². The summed E-state index contributed by atoms with van der Waals surface area (Å²) in [5, 5.41) is 0. The highest BCUT2D eigenvalue weighted by Gasteiger charge is 2.35. The minimum Gasteiger partial charge on any atom is -0.484 e. The highest BCUT2D eigenvalue weighted by Crippen LogP contribution is 2.33. The van der Waals surface area contributed by atoms with Crippen molar-refractivity contribution in [1.29, 1.82) is 0 Å². The Bertz CT molecular complexity index is 1260. The van der Waals surface area contributed by atoms with E-state index < -0.39 is 30.4 Å². The number of carbonyl (C=O) groups excluding carboxylic acids is 1. The maximum atomic E-state index is 14.5. The lowest BCUT2D eigenvalue weighted by Crippen LogP contribution is -2.22. The van der Waals surface area contributed by atoms with Crippen LogP contribution < -0.4 is 20.9 Å². The first-order chi connectivity index (χ1) is 17.8. The molecule has 1 atom stereocenters. The molecular weight excluding hydrogens is 511 g/mol. The summed E-state index contributed by atoms with van der Waals surface area (Å²) in [6.07, 6.45) is -5.65. The normalized spacial score (nSPS) is 12.8. The highest BCUT2D eigenvalue weighted by atomic mass is 19.4. The fourth-order valence-electron chi connectivity index (χ4n) is 3.32. The van der Waals surface area contributed by atoms with Crippen LogP contribution >= 0.6 is 0 Å². The fraction of sp³-hybridized carbons (Fsp3) is 0.222. The van der Waals surface area contributed by atoms with E-state index in [2.05, 4.69) is 4.74 Å². The minimum absolute atomic E-state index is 0.0919. The molecule has 0 fully saturated rings. The smallest absolute Gasteiger partial charge is 0.426 e. The number of benzene rings is 3. The molecule has 0 spiro atoms. The number of ether oxygens (including phenoxy) is 3. The van der Waals surface area contributed by atoms with E-state index in [4.69, 9.17) is 20.9 Å². The summed E-state index contributed by atoms with van der Waals surface area (Å²) in [4.78, 5) is 12.1. The van der Waals surface area contributed by atoms with E-state index in [0.29, 0.717) is 16.9 Å². The predicted octanol–water partition coefficient (Wildman–Crippen LogP) is 6.28. The third kappa shape index (κ3) is 8.39. The van der Waals surface area contributed by atoms with Crippen molar-refractivity contribution in [3.05, 3.63) is 89.5 Å². The number of hydrogen-bond acceptors (Lipinski definition) is 6. The predicted molar refractivity (Wildman–Crippen MR) is 133 cm³/mol. The van der Waals surface area contributed by atoms with Crippen LogP contribution in [0.1, 0.15) is 29.5 Å². The number of nitrogen functional groups attached to an aromatic ring is 2. The van der Waals surface area contributed by atoms with Gasteiger partial charge in [0.05, 0.1) is 12.2 Å². The van der Waals surface area contributed by atoms with E-state index in [1.807, 2.05) is 6.92 Å². The van der Waals surface area contributed by atoms with E-state index in [-0.39, 0.29) is 24.0 Å². The van der Waals surface area contributed by atoms with Crippen molar-refractivity contribution in [3.8, 4) is 11.5 Å². The standard InChI is InChI=1S/C27H25F5N2O4/c1-17(23-12-7-20(33)14-24(23)34)15-36-25(35)13-4-18-2-8-22(9-3-18)38-27(31,32)19-5-10-21(11-6-19)37-16-26(28,29)30/h2-14,17H,15-16,33-34H2,1H3/b13-4+. The molecule has 0 amide bonds. The molecule has 0 radical (unpaired) electrons. The Morgan fingerprint density at radius 2 is 1.55 bits per heavy atom. The molecule has 0 saturated carbocycles. The number of esters is 1. The second-order valence-electron chi connectivity index (χ2n) is 8.37. The van der Waals surface area contributed by atoms with Gasteiger partial charge in [0.25, 0.3) is 0 Å². The Balaban J connectivity index is 1.52. The number of rotatable bonds is 10. The first-order valence-corrected chi connectivity index (χ1v) is 11.3. The molecule has 0 bridgehead atoms. The van der Waals surface area contributed by atoms with Gasteiger partial charge in [0.15, 0.2) is 6.61 Å². The molecular formula is C27H25F5N2O4. The minimum atomic E-state index is -4.54. The van der Waals surface area contributed by atoms with E-state index in [0.717, 1.165) is 29.8 Å². The zero-order valence-corrected chi connectivity index (χ0v) is 20.2. The van der Waals surface area contributed by atoms with Crippen LogP contribution in [0.2, 0.25) is 0 Å². The highest BCUT2D eigenvalue weighted by molar-refractivity contribution is 5.87. The SMILES string of the molecule is CC(COC(=O)/C=C/c1ccc(OC(F)(F)c2ccc(OCC(F)(F)F)cc2)cc1)c1ccc(N)cc1N. The number of carbonyl (C=O) groups is 1. The van der Waals surface area contributed by atoms with Crippen LogP contribution in [-0.4, -0.2) is 25.4 Å². The van der Waals surface area contributed by atoms with Gasteiger partial charge in [-0.05, 0) is 65.7 Å². The van der Waals surface area contributed by atoms with Crippen LogP contribution in [0.3, 0.4) is 0 Å². The molecule has 6 nitrogen and oxygen atoms in total. The van der Waals surface area contributed by atoms with Crippen LogP contribution in [0.4, 0.5) is 33.3 Å². The van der Waals surface area contributed by atoms with E-state index in [9.17, 15) is 26.7 Å². The molecule has 0 saturated heterocycles. The van der Waals surface area contributed by atoms with Crippen LogP contribution in [0.25, 0.3) is 6.08 Å². The molecule has 4 N–H and O–H groups in total. The van der Waals surface area contributed by atoms with Crippen molar-refractivity contribution < 1.29 is 41.0 Å². The van der Waals surface area contributed by atoms with Gasteiger partial charge >= 0.3 is 18.3 Å². The molecule has 0 aromatic heterocycles. The largest absolute Gasteiger partial charge is 0.484 e. The summed E-state index contributed by atoms with van der Waals surface area (Å²) in [6, 6.07) is 14.4. The second-order valence-corrected chi connectivity index (χ2v) is 8.37. The van der Waals surface area contributed by atoms with E-state index >= 15 is 0 Å². The summed E-state index contributed by atoms with van der Waals surface area (Å²) in [7, 11) is 0. The van der Waals surface area contributed by atoms with Crippen LogP contribution in [0.5, 0.6) is 11.5 Å². The fourth-order valence-corrected chi connectivity index (χ4v) is 3.32. The summed E-state index contributed by atoms with van der Waals surface area (Å²) in [6.45, 7) is 0.410. The second kappa shape index (κ2) is 11.8. The van der Waals surface area contributed by atoms with Crippen molar-refractivity contribution in [2.45, 2.75) is 25.1 Å². The molecule has 0 aliphatic rings. The summed E-state index contributed by atoms with van der Waals surface area (Å²) in [5.74, 6) is -1.13. The summed E-state index contributed by atoms with van der Waals surface area (Å²) < 4.78 is 80.1. The average Bonchev–Trinajstić information content (AvgIpc) is 2.85. The first-order valence-electron chi connectivity index (χ1n) is 11.3. The maximum Gasteiger partial charge on any atom is 0.426 e. The Kier molecular flexibility index (Phi) is 8.82. The van der Waals surface area contributed by atoms with Crippen molar-refractivity contribution in [3.63, 3.8) is 0 Å². The number of halogens is 5. The van der Waals surface area contributed by atoms with Crippen molar-refractivity contribution >= 4 is 23.4 Å². The lowest BCUT2D eigenvalue weighted by molar-refractivity contribution is -0.185. The molecule has 3 rings (SSSR count). The van der Waals surface area contributed by atoms with E-state index in [1.165, 1.54) is 36.4 Å². The number of alkyl halides is 5.